The van der Waals surface area contributed by atoms with Crippen LogP contribution in [0.25, 0.3) is 6.08 Å². The summed E-state index contributed by atoms with van der Waals surface area (Å²) < 4.78 is 36.7. The lowest BCUT2D eigenvalue weighted by molar-refractivity contribution is -0.152. The summed E-state index contributed by atoms with van der Waals surface area (Å²) in [6.07, 6.45) is 9.44. The van der Waals surface area contributed by atoms with Crippen molar-refractivity contribution in [3.8, 4) is 11.5 Å². The summed E-state index contributed by atoms with van der Waals surface area (Å²) in [7, 11) is 4.18. The van der Waals surface area contributed by atoms with Gasteiger partial charge in [-0.05, 0) is 38.8 Å². The first-order valence-electron chi connectivity index (χ1n) is 15.4. The van der Waals surface area contributed by atoms with Gasteiger partial charge in [0.2, 0.25) is 0 Å². The highest BCUT2D eigenvalue weighted by Crippen LogP contribution is 2.35. The Hall–Kier alpha value is -3.75. The second-order valence-electron chi connectivity index (χ2n) is 11.7. The number of carbonyl (C=O) groups excluding carboxylic acids is 3. The number of cyclic esters (lactones) is 1. The van der Waals surface area contributed by atoms with Gasteiger partial charge in [0.25, 0.3) is 7.41 Å². The Labute approximate surface area is 276 Å². The van der Waals surface area contributed by atoms with Crippen molar-refractivity contribution in [1.82, 2.24) is 14.3 Å². The quantitative estimate of drug-likeness (QED) is 0.112. The number of hydrogen-bond acceptors (Lipinski definition) is 12. The van der Waals surface area contributed by atoms with E-state index >= 15 is 0 Å². The van der Waals surface area contributed by atoms with E-state index in [1.807, 2.05) is 13.0 Å². The van der Waals surface area contributed by atoms with E-state index in [1.165, 1.54) is 21.9 Å². The number of ether oxygens (including phenoxy) is 6. The molecule has 1 saturated heterocycles. The number of rotatable bonds is 13. The first kappa shape index (κ1) is 36.1. The van der Waals surface area contributed by atoms with Crippen molar-refractivity contribution < 1.29 is 47.9 Å². The fourth-order valence-corrected chi connectivity index (χ4v) is 5.26. The van der Waals surface area contributed by atoms with Crippen molar-refractivity contribution in [3.05, 3.63) is 59.7 Å². The Morgan fingerprint density at radius 2 is 1.98 bits per heavy atom. The van der Waals surface area contributed by atoms with E-state index in [1.54, 1.807) is 72.8 Å². The van der Waals surface area contributed by atoms with Crippen LogP contribution in [0.15, 0.2) is 42.8 Å². The number of benzene rings is 1. The van der Waals surface area contributed by atoms with E-state index in [-0.39, 0.29) is 37.2 Å². The van der Waals surface area contributed by atoms with Gasteiger partial charge in [0, 0.05) is 44.6 Å². The van der Waals surface area contributed by atoms with Crippen molar-refractivity contribution >= 4 is 39.2 Å². The van der Waals surface area contributed by atoms with Crippen LogP contribution < -0.4 is 9.47 Å². The molecule has 0 amide bonds. The molecule has 3 heterocycles. The van der Waals surface area contributed by atoms with Gasteiger partial charge in [-0.1, -0.05) is 31.2 Å². The lowest BCUT2D eigenvalue weighted by Gasteiger charge is -2.23. The Balaban J connectivity index is 1.62. The summed E-state index contributed by atoms with van der Waals surface area (Å²) in [6, 6.07) is 3.29. The Morgan fingerprint density at radius 1 is 1.17 bits per heavy atom. The predicted molar refractivity (Wildman–Crippen MR) is 174 cm³/mol. The summed E-state index contributed by atoms with van der Waals surface area (Å²) in [5, 5.41) is 10.9. The molecule has 5 atom stereocenters. The highest BCUT2D eigenvalue weighted by molar-refractivity contribution is 6.65. The lowest BCUT2D eigenvalue weighted by atomic mass is 9.94. The molecule has 4 unspecified atom stereocenters. The number of carbonyl (C=O) groups is 3. The Bertz CT molecular complexity index is 1430. The number of nitrogens with zero attached hydrogens (tertiary/aromatic N) is 3. The maximum atomic E-state index is 13.6. The third-order valence-corrected chi connectivity index (χ3v) is 7.75. The van der Waals surface area contributed by atoms with Crippen LogP contribution in [0.2, 0.25) is 0 Å². The molecular weight excluding hydrogens is 608 g/mol. The molecule has 0 saturated carbocycles. The normalized spacial score (nSPS) is 24.7. The van der Waals surface area contributed by atoms with Crippen molar-refractivity contribution in [3.63, 3.8) is 0 Å². The van der Waals surface area contributed by atoms with Gasteiger partial charge in [0.05, 0.1) is 18.9 Å². The van der Waals surface area contributed by atoms with Crippen LogP contribution in [0.1, 0.15) is 55.9 Å². The van der Waals surface area contributed by atoms with Gasteiger partial charge in [-0.25, -0.2) is 9.78 Å². The Kier molecular flexibility index (Phi) is 13.0. The SMILES string of the molecule is COCOc1cc(OCCN([B]C=O)Cc2nccn2[B]C=O)cc2c1C(=O)OC(C)[C@H](C)/C=C\C(O)C1OC(C)(C)OC1CC=C2. The Morgan fingerprint density at radius 3 is 2.72 bits per heavy atom. The number of esters is 1. The molecule has 2 aromatic rings. The van der Waals surface area contributed by atoms with Gasteiger partial charge in [-0.3, -0.25) is 0 Å². The van der Waals surface area contributed by atoms with Crippen LogP contribution in [0.5, 0.6) is 11.5 Å². The average molecular weight is 649 g/mol. The molecule has 47 heavy (non-hydrogen) atoms. The maximum absolute atomic E-state index is 13.6. The number of aliphatic hydroxyl groups excluding tert-OH is 1. The van der Waals surface area contributed by atoms with Crippen molar-refractivity contribution in [2.24, 2.45) is 5.92 Å². The number of fused-ring (bicyclic) bond motifs is 2. The standard InChI is InChI=1S/C32H41B2N3O10/c1-21-9-10-25(40)30-26(46-32(3,4)47-30)8-6-7-23-15-24(16-27(44-20-42-5)29(23)31(41)45-22(21)2)43-14-13-36(33-18-38)17-28-35-11-12-37(28)34-19-39/h6-7,9-12,15-16,18-19,21-22,25-26,30,40H,8,13-14,17,20H2,1-5H3/b7-6?,10-9-/t21-,22?,25?,26?,30?/m1/s1. The minimum atomic E-state index is -0.927. The molecule has 1 N–H and O–H groups in total. The highest BCUT2D eigenvalue weighted by Gasteiger charge is 2.43. The van der Waals surface area contributed by atoms with Gasteiger partial charge < -0.3 is 52.4 Å². The first-order chi connectivity index (χ1) is 22.5. The zero-order chi connectivity index (χ0) is 34.0. The van der Waals surface area contributed by atoms with Crippen LogP contribution >= 0.6 is 0 Å². The molecule has 0 bridgehead atoms. The summed E-state index contributed by atoms with van der Waals surface area (Å²) in [5.41, 5.74) is 0.671. The van der Waals surface area contributed by atoms with Crippen LogP contribution in [-0.2, 0) is 35.1 Å². The third-order valence-electron chi connectivity index (χ3n) is 7.75. The molecule has 0 spiro atoms. The summed E-state index contributed by atoms with van der Waals surface area (Å²) in [4.78, 5) is 41.9. The molecule has 2 aliphatic heterocycles. The molecule has 1 aromatic heterocycles. The molecule has 250 valence electrons. The van der Waals surface area contributed by atoms with E-state index < -0.39 is 36.2 Å². The largest absolute Gasteiger partial charge is 0.492 e. The fraction of sp³-hybridized carbons (Fsp3) is 0.500. The van der Waals surface area contributed by atoms with E-state index in [4.69, 9.17) is 28.4 Å². The summed E-state index contributed by atoms with van der Waals surface area (Å²) >= 11 is 0. The third kappa shape index (κ3) is 9.88. The molecule has 4 rings (SSSR count). The highest BCUT2D eigenvalue weighted by atomic mass is 16.8. The molecule has 0 aliphatic carbocycles. The lowest BCUT2D eigenvalue weighted by Crippen LogP contribution is -2.34. The number of aromatic nitrogens is 2. The topological polar surface area (TPSA) is 148 Å². The van der Waals surface area contributed by atoms with E-state index in [0.717, 1.165) is 0 Å². The summed E-state index contributed by atoms with van der Waals surface area (Å²) in [5.74, 6) is -0.541. The van der Waals surface area contributed by atoms with Crippen LogP contribution in [0.3, 0.4) is 0 Å². The van der Waals surface area contributed by atoms with Crippen LogP contribution in [0, 0.1) is 5.92 Å². The number of aliphatic hydroxyl groups is 1. The number of hydrogen-bond donors (Lipinski definition) is 1. The molecule has 15 heteroatoms. The van der Waals surface area contributed by atoms with Gasteiger partial charge in [-0.15, -0.1) is 0 Å². The van der Waals surface area contributed by atoms with E-state index in [0.29, 0.717) is 42.5 Å². The van der Waals surface area contributed by atoms with Crippen molar-refractivity contribution in [1.29, 1.82) is 0 Å². The minimum absolute atomic E-state index is 0.129. The maximum Gasteiger partial charge on any atom is 0.342 e. The van der Waals surface area contributed by atoms with Gasteiger partial charge in [0.1, 0.15) is 47.4 Å². The zero-order valence-electron chi connectivity index (χ0n) is 27.3. The fourth-order valence-electron chi connectivity index (χ4n) is 5.26. The molecule has 2 radical (unpaired) electrons. The summed E-state index contributed by atoms with van der Waals surface area (Å²) in [6.45, 7) is 7.85. The van der Waals surface area contributed by atoms with E-state index in [9.17, 15) is 19.5 Å². The van der Waals surface area contributed by atoms with Gasteiger partial charge in [-0.2, -0.15) is 0 Å². The predicted octanol–water partition coefficient (Wildman–Crippen LogP) is 2.25. The average Bonchev–Trinajstić information content (AvgIpc) is 3.60. The minimum Gasteiger partial charge on any atom is -0.492 e. The molecule has 1 aromatic carbocycles. The zero-order valence-corrected chi connectivity index (χ0v) is 27.3. The number of imidazole rings is 1. The van der Waals surface area contributed by atoms with Gasteiger partial charge >= 0.3 is 13.4 Å². The number of methoxy groups -OCH3 is 1. The van der Waals surface area contributed by atoms with Crippen molar-refractivity contribution in [2.45, 2.75) is 70.9 Å². The smallest absolute Gasteiger partial charge is 0.342 e. The van der Waals surface area contributed by atoms with Crippen LogP contribution in [-0.4, -0.2) is 110 Å². The van der Waals surface area contributed by atoms with Crippen molar-refractivity contribution in [2.75, 3.05) is 27.1 Å². The monoisotopic (exact) mass is 649 g/mol. The van der Waals surface area contributed by atoms with Crippen LogP contribution in [0.4, 0.5) is 0 Å². The molecule has 13 nitrogen and oxygen atoms in total. The second-order valence-corrected chi connectivity index (χ2v) is 11.7. The molecule has 2 aliphatic rings. The van der Waals surface area contributed by atoms with Gasteiger partial charge in [0.15, 0.2) is 12.6 Å². The molecular formula is C32H41B2N3O10. The first-order valence-corrected chi connectivity index (χ1v) is 15.4. The molecule has 1 fully saturated rings. The second kappa shape index (κ2) is 16.9. The van der Waals surface area contributed by atoms with E-state index in [2.05, 4.69) is 4.98 Å².